The van der Waals surface area contributed by atoms with Crippen molar-refractivity contribution in [2.24, 2.45) is 0 Å². The van der Waals surface area contributed by atoms with E-state index >= 15 is 0 Å². The Balaban J connectivity index is 1.33. The van der Waals surface area contributed by atoms with E-state index in [-0.39, 0.29) is 11.7 Å². The highest BCUT2D eigenvalue weighted by Gasteiger charge is 2.54. The van der Waals surface area contributed by atoms with Crippen LogP contribution in [0, 0.1) is 0 Å². The van der Waals surface area contributed by atoms with Gasteiger partial charge in [-0.25, -0.2) is 4.79 Å². The van der Waals surface area contributed by atoms with Gasteiger partial charge in [-0.3, -0.25) is 14.5 Å². The molecule has 7 nitrogen and oxygen atoms in total. The van der Waals surface area contributed by atoms with E-state index in [1.54, 1.807) is 17.0 Å². The molecule has 0 N–H and O–H groups in total. The highest BCUT2D eigenvalue weighted by molar-refractivity contribution is 6.10. The molecular formula is C34H39N3O4. The molecule has 0 bridgehead atoms. The van der Waals surface area contributed by atoms with E-state index in [1.807, 2.05) is 93.6 Å². The molecule has 1 amide bonds. The maximum atomic E-state index is 14.4. The van der Waals surface area contributed by atoms with Crippen molar-refractivity contribution < 1.29 is 19.1 Å². The van der Waals surface area contributed by atoms with Crippen LogP contribution in [-0.2, 0) is 9.53 Å². The molecule has 7 heteroatoms. The number of anilines is 2. The molecule has 214 valence electrons. The second kappa shape index (κ2) is 11.9. The number of benzene rings is 3. The average molecular weight is 554 g/mol. The van der Waals surface area contributed by atoms with Crippen molar-refractivity contribution in [3.8, 4) is 0 Å². The summed E-state index contributed by atoms with van der Waals surface area (Å²) >= 11 is 0. The first-order valence-electron chi connectivity index (χ1n) is 14.5. The van der Waals surface area contributed by atoms with Gasteiger partial charge in [-0.15, -0.1) is 0 Å². The number of carbonyl (C=O) groups excluding carboxylic acids is 3. The van der Waals surface area contributed by atoms with Gasteiger partial charge >= 0.3 is 5.97 Å². The fraction of sp³-hybridized carbons (Fsp3) is 0.382. The Labute approximate surface area is 242 Å². The van der Waals surface area contributed by atoms with Crippen LogP contribution in [0.2, 0.25) is 0 Å². The third-order valence-corrected chi connectivity index (χ3v) is 7.98. The van der Waals surface area contributed by atoms with Crippen molar-refractivity contribution in [2.45, 2.75) is 57.6 Å². The van der Waals surface area contributed by atoms with E-state index in [0.717, 1.165) is 37.3 Å². The van der Waals surface area contributed by atoms with Crippen LogP contribution >= 0.6 is 0 Å². The van der Waals surface area contributed by atoms with Crippen LogP contribution in [0.5, 0.6) is 0 Å². The molecule has 41 heavy (non-hydrogen) atoms. The molecule has 5 rings (SSSR count). The van der Waals surface area contributed by atoms with Crippen molar-refractivity contribution >= 4 is 29.0 Å². The average Bonchev–Trinajstić information content (AvgIpc) is 3.25. The van der Waals surface area contributed by atoms with E-state index in [1.165, 1.54) is 0 Å². The Morgan fingerprint density at radius 3 is 2.12 bits per heavy atom. The largest absolute Gasteiger partial charge is 0.456 e. The molecule has 2 aliphatic rings. The van der Waals surface area contributed by atoms with E-state index in [0.29, 0.717) is 37.2 Å². The molecule has 3 aromatic carbocycles. The fourth-order valence-electron chi connectivity index (χ4n) is 5.91. The number of esters is 1. The molecule has 1 spiro atoms. The Morgan fingerprint density at radius 1 is 0.854 bits per heavy atom. The molecule has 2 saturated heterocycles. The van der Waals surface area contributed by atoms with Crippen LogP contribution in [0.4, 0.5) is 11.4 Å². The van der Waals surface area contributed by atoms with E-state index in [2.05, 4.69) is 9.80 Å². The molecule has 0 saturated carbocycles. The van der Waals surface area contributed by atoms with Crippen LogP contribution in [0.3, 0.4) is 0 Å². The summed E-state index contributed by atoms with van der Waals surface area (Å²) in [4.78, 5) is 46.4. The van der Waals surface area contributed by atoms with Gasteiger partial charge in [0.15, 0.2) is 5.78 Å². The Morgan fingerprint density at radius 2 is 1.46 bits per heavy atom. The van der Waals surface area contributed by atoms with Crippen LogP contribution in [-0.4, -0.2) is 60.0 Å². The summed E-state index contributed by atoms with van der Waals surface area (Å²) in [5.74, 6) is -0.260. The molecule has 2 fully saturated rings. The van der Waals surface area contributed by atoms with E-state index in [9.17, 15) is 14.4 Å². The molecule has 0 unspecified atom stereocenters. The molecular weight excluding hydrogens is 514 g/mol. The van der Waals surface area contributed by atoms with E-state index < -0.39 is 17.1 Å². The monoisotopic (exact) mass is 553 g/mol. The number of hydrogen-bond donors (Lipinski definition) is 0. The normalized spacial score (nSPS) is 17.2. The summed E-state index contributed by atoms with van der Waals surface area (Å²) in [6.07, 6.45) is 2.62. The summed E-state index contributed by atoms with van der Waals surface area (Å²) in [6, 6.07) is 26.7. The molecule has 2 aliphatic heterocycles. The van der Waals surface area contributed by atoms with E-state index in [4.69, 9.17) is 4.74 Å². The highest BCUT2D eigenvalue weighted by Crippen LogP contribution is 2.42. The zero-order chi connectivity index (χ0) is 29.0. The standard InChI is InChI=1S/C34H39N3O4/c1-33(2,3)41-31(39)28-17-10-11-18-29(28)36-25-37(27-15-8-5-9-16-27)34(32(36)40)20-23-35(24-21-34)22-12-19-30(38)26-13-6-4-7-14-26/h4-11,13-18H,12,19-25H2,1-3H3. The van der Waals surface area contributed by atoms with Gasteiger partial charge in [-0.1, -0.05) is 60.7 Å². The van der Waals surface area contributed by atoms with Crippen LogP contribution < -0.4 is 9.80 Å². The van der Waals surface area contributed by atoms with Gasteiger partial charge in [0.2, 0.25) is 0 Å². The van der Waals surface area contributed by atoms with Crippen LogP contribution in [0.15, 0.2) is 84.9 Å². The summed E-state index contributed by atoms with van der Waals surface area (Å²) in [5, 5.41) is 0. The lowest BCUT2D eigenvalue weighted by atomic mass is 9.85. The van der Waals surface area contributed by atoms with Gasteiger partial charge in [0.25, 0.3) is 5.91 Å². The lowest BCUT2D eigenvalue weighted by molar-refractivity contribution is -0.123. The maximum absolute atomic E-state index is 14.4. The Hall–Kier alpha value is -3.97. The summed E-state index contributed by atoms with van der Waals surface area (Å²) < 4.78 is 5.68. The maximum Gasteiger partial charge on any atom is 0.340 e. The first kappa shape index (κ1) is 28.6. The van der Waals surface area contributed by atoms with Gasteiger partial charge in [0, 0.05) is 30.8 Å². The number of piperidine rings is 1. The number of amides is 1. The quantitative estimate of drug-likeness (QED) is 0.254. The Bertz CT molecular complexity index is 1380. The number of carbonyl (C=O) groups is 3. The van der Waals surface area contributed by atoms with Crippen molar-refractivity contribution in [1.82, 2.24) is 4.90 Å². The number of nitrogens with zero attached hydrogens (tertiary/aromatic N) is 3. The van der Waals surface area contributed by atoms with Crippen molar-refractivity contribution in [2.75, 3.05) is 36.1 Å². The number of likely N-dealkylation sites (tertiary alicyclic amines) is 1. The number of Topliss-reactive ketones (excluding diaryl/α,β-unsaturated/α-hetero) is 1. The van der Waals surface area contributed by atoms with Gasteiger partial charge in [0.1, 0.15) is 11.1 Å². The summed E-state index contributed by atoms with van der Waals surface area (Å²) in [7, 11) is 0. The number of ether oxygens (including phenoxy) is 1. The number of hydrogen-bond acceptors (Lipinski definition) is 6. The van der Waals surface area contributed by atoms with Gasteiger partial charge in [-0.05, 0) is 70.8 Å². The lowest BCUT2D eigenvalue weighted by Gasteiger charge is -2.43. The molecule has 2 heterocycles. The molecule has 0 atom stereocenters. The smallest absolute Gasteiger partial charge is 0.340 e. The zero-order valence-electron chi connectivity index (χ0n) is 24.2. The first-order chi connectivity index (χ1) is 19.7. The zero-order valence-corrected chi connectivity index (χ0v) is 24.2. The molecule has 3 aromatic rings. The number of ketones is 1. The van der Waals surface area contributed by atoms with Gasteiger partial charge in [-0.2, -0.15) is 0 Å². The predicted octanol–water partition coefficient (Wildman–Crippen LogP) is 5.95. The minimum Gasteiger partial charge on any atom is -0.456 e. The number of para-hydroxylation sites is 2. The van der Waals surface area contributed by atoms with Gasteiger partial charge < -0.3 is 14.5 Å². The first-order valence-corrected chi connectivity index (χ1v) is 14.5. The highest BCUT2D eigenvalue weighted by atomic mass is 16.6. The van der Waals surface area contributed by atoms with Gasteiger partial charge in [0.05, 0.1) is 17.9 Å². The SMILES string of the molecule is CC(C)(C)OC(=O)c1ccccc1N1CN(c2ccccc2)C2(CCN(CCCC(=O)c3ccccc3)CC2)C1=O. The van der Waals surface area contributed by atoms with Crippen molar-refractivity contribution in [3.05, 3.63) is 96.1 Å². The van der Waals surface area contributed by atoms with Crippen LogP contribution in [0.25, 0.3) is 0 Å². The molecule has 0 radical (unpaired) electrons. The predicted molar refractivity (Wildman–Crippen MR) is 161 cm³/mol. The summed E-state index contributed by atoms with van der Waals surface area (Å²) in [6.45, 7) is 8.21. The lowest BCUT2D eigenvalue weighted by Crippen LogP contribution is -2.56. The number of rotatable bonds is 8. The summed E-state index contributed by atoms with van der Waals surface area (Å²) in [5.41, 5.74) is 1.35. The second-order valence-electron chi connectivity index (χ2n) is 11.9. The second-order valence-corrected chi connectivity index (χ2v) is 11.9. The fourth-order valence-corrected chi connectivity index (χ4v) is 5.91. The third kappa shape index (κ3) is 6.20. The van der Waals surface area contributed by atoms with Crippen molar-refractivity contribution in [1.29, 1.82) is 0 Å². The van der Waals surface area contributed by atoms with Crippen molar-refractivity contribution in [3.63, 3.8) is 0 Å². The minimum absolute atomic E-state index is 0.0104. The minimum atomic E-state index is -0.710. The molecule has 0 aliphatic carbocycles. The Kier molecular flexibility index (Phi) is 8.27. The third-order valence-electron chi connectivity index (χ3n) is 7.98. The molecule has 0 aromatic heterocycles. The van der Waals surface area contributed by atoms with Crippen LogP contribution in [0.1, 0.15) is 67.2 Å². The topological polar surface area (TPSA) is 70.2 Å².